The molecule has 2 rings (SSSR count). The van der Waals surface area contributed by atoms with E-state index in [4.69, 9.17) is 0 Å². The first-order valence-corrected chi connectivity index (χ1v) is 5.54. The molecule has 1 saturated heterocycles. The lowest BCUT2D eigenvalue weighted by Crippen LogP contribution is -2.42. The highest BCUT2D eigenvalue weighted by atomic mass is 19.1. The Morgan fingerprint density at radius 1 is 1.22 bits per heavy atom. The summed E-state index contributed by atoms with van der Waals surface area (Å²) in [5, 5.41) is 2.50. The Balaban J connectivity index is 2.35. The molecule has 0 radical (unpaired) electrons. The second-order valence-corrected chi connectivity index (χ2v) is 4.16. The van der Waals surface area contributed by atoms with E-state index in [1.807, 2.05) is 0 Å². The van der Waals surface area contributed by atoms with Crippen LogP contribution in [0.3, 0.4) is 0 Å². The number of carbonyl (C=O) groups excluding carboxylic acids is 2. The van der Waals surface area contributed by atoms with Crippen LogP contribution in [0.4, 0.5) is 14.5 Å². The van der Waals surface area contributed by atoms with E-state index < -0.39 is 17.7 Å². The lowest BCUT2D eigenvalue weighted by molar-refractivity contribution is -0.125. The lowest BCUT2D eigenvalue weighted by Gasteiger charge is -2.22. The van der Waals surface area contributed by atoms with Gasteiger partial charge in [0.2, 0.25) is 11.8 Å². The number of hydrogen-bond acceptors (Lipinski definition) is 2. The van der Waals surface area contributed by atoms with Gasteiger partial charge in [-0.15, -0.1) is 0 Å². The summed E-state index contributed by atoms with van der Waals surface area (Å²) >= 11 is 0. The number of rotatable bonds is 1. The van der Waals surface area contributed by atoms with E-state index in [0.29, 0.717) is 0 Å². The molecule has 0 aliphatic carbocycles. The van der Waals surface area contributed by atoms with Crippen molar-refractivity contribution in [3.63, 3.8) is 0 Å². The first-order valence-electron chi connectivity index (χ1n) is 5.54. The standard InChI is InChI=1S/C12H12F2N2O2/c1-7-12(18)16(3-2-11(17)15-7)10-5-8(13)4-9(14)6-10/h4-7H,2-3H2,1H3,(H,15,17). The van der Waals surface area contributed by atoms with Gasteiger partial charge in [-0.1, -0.05) is 0 Å². The zero-order valence-electron chi connectivity index (χ0n) is 9.74. The number of carbonyl (C=O) groups is 2. The molecular formula is C12H12F2N2O2. The Bertz CT molecular complexity index is 485. The van der Waals surface area contributed by atoms with Gasteiger partial charge in [-0.05, 0) is 19.1 Å². The molecule has 0 aromatic heterocycles. The average Bonchev–Trinajstić information content (AvgIpc) is 2.38. The summed E-state index contributed by atoms with van der Waals surface area (Å²) in [6.45, 7) is 1.64. The zero-order valence-corrected chi connectivity index (χ0v) is 9.74. The van der Waals surface area contributed by atoms with E-state index >= 15 is 0 Å². The maximum atomic E-state index is 13.1. The smallest absolute Gasteiger partial charge is 0.249 e. The third-order valence-corrected chi connectivity index (χ3v) is 2.74. The van der Waals surface area contributed by atoms with Crippen molar-refractivity contribution in [1.82, 2.24) is 5.32 Å². The molecule has 4 nitrogen and oxygen atoms in total. The van der Waals surface area contributed by atoms with Crippen LogP contribution in [-0.2, 0) is 9.59 Å². The number of benzene rings is 1. The van der Waals surface area contributed by atoms with Crippen molar-refractivity contribution >= 4 is 17.5 Å². The molecule has 1 aromatic rings. The van der Waals surface area contributed by atoms with E-state index in [0.717, 1.165) is 18.2 Å². The van der Waals surface area contributed by atoms with E-state index in [9.17, 15) is 18.4 Å². The summed E-state index contributed by atoms with van der Waals surface area (Å²) in [6, 6.07) is 2.18. The molecule has 1 heterocycles. The molecule has 1 aliphatic rings. The fourth-order valence-corrected chi connectivity index (χ4v) is 1.88. The molecule has 1 aliphatic heterocycles. The minimum Gasteiger partial charge on any atom is -0.345 e. The van der Waals surface area contributed by atoms with Gasteiger partial charge in [0.15, 0.2) is 0 Å². The number of halogens is 2. The lowest BCUT2D eigenvalue weighted by atomic mass is 10.2. The van der Waals surface area contributed by atoms with Gasteiger partial charge in [0, 0.05) is 24.7 Å². The largest absolute Gasteiger partial charge is 0.345 e. The van der Waals surface area contributed by atoms with Crippen molar-refractivity contribution in [1.29, 1.82) is 0 Å². The van der Waals surface area contributed by atoms with Crippen molar-refractivity contribution in [2.75, 3.05) is 11.4 Å². The van der Waals surface area contributed by atoms with E-state index in [1.54, 1.807) is 0 Å². The van der Waals surface area contributed by atoms with Crippen LogP contribution >= 0.6 is 0 Å². The number of amides is 2. The molecule has 1 unspecified atom stereocenters. The minimum absolute atomic E-state index is 0.105. The SMILES string of the molecule is CC1NC(=O)CCN(c2cc(F)cc(F)c2)C1=O. The van der Waals surface area contributed by atoms with Crippen LogP contribution < -0.4 is 10.2 Å². The molecule has 0 saturated carbocycles. The third-order valence-electron chi connectivity index (χ3n) is 2.74. The molecule has 1 aromatic carbocycles. The molecular weight excluding hydrogens is 242 g/mol. The third kappa shape index (κ3) is 2.47. The predicted molar refractivity (Wildman–Crippen MR) is 60.9 cm³/mol. The molecule has 2 amide bonds. The van der Waals surface area contributed by atoms with Crippen LogP contribution in [0.2, 0.25) is 0 Å². The van der Waals surface area contributed by atoms with Crippen LogP contribution in [-0.4, -0.2) is 24.4 Å². The molecule has 6 heteroatoms. The van der Waals surface area contributed by atoms with Crippen molar-refractivity contribution in [3.05, 3.63) is 29.8 Å². The molecule has 1 N–H and O–H groups in total. The summed E-state index contributed by atoms with van der Waals surface area (Å²) in [5.74, 6) is -2.15. The second-order valence-electron chi connectivity index (χ2n) is 4.16. The highest BCUT2D eigenvalue weighted by Gasteiger charge is 2.27. The molecule has 1 atom stereocenters. The fourth-order valence-electron chi connectivity index (χ4n) is 1.88. The van der Waals surface area contributed by atoms with Gasteiger partial charge in [-0.25, -0.2) is 8.78 Å². The first kappa shape index (κ1) is 12.5. The second kappa shape index (κ2) is 4.72. The summed E-state index contributed by atoms with van der Waals surface area (Å²) in [7, 11) is 0. The molecule has 0 spiro atoms. The van der Waals surface area contributed by atoms with Crippen LogP contribution in [0.25, 0.3) is 0 Å². The molecule has 18 heavy (non-hydrogen) atoms. The Kier molecular flexibility index (Phi) is 3.27. The molecule has 96 valence electrons. The normalized spacial score (nSPS) is 20.6. The highest BCUT2D eigenvalue weighted by molar-refractivity contribution is 6.00. The molecule has 0 bridgehead atoms. The van der Waals surface area contributed by atoms with Gasteiger partial charge in [0.05, 0.1) is 0 Å². The summed E-state index contributed by atoms with van der Waals surface area (Å²) in [5.41, 5.74) is 0.126. The topological polar surface area (TPSA) is 49.4 Å². The Labute approximate surface area is 103 Å². The highest BCUT2D eigenvalue weighted by Crippen LogP contribution is 2.20. The van der Waals surface area contributed by atoms with Gasteiger partial charge in [0.25, 0.3) is 0 Å². The monoisotopic (exact) mass is 254 g/mol. The average molecular weight is 254 g/mol. The maximum absolute atomic E-state index is 13.1. The van der Waals surface area contributed by atoms with Crippen molar-refractivity contribution in [3.8, 4) is 0 Å². The summed E-state index contributed by atoms with van der Waals surface area (Å²) in [6.07, 6.45) is 0.105. The summed E-state index contributed by atoms with van der Waals surface area (Å²) < 4.78 is 26.2. The van der Waals surface area contributed by atoms with Crippen molar-refractivity contribution in [2.45, 2.75) is 19.4 Å². The van der Waals surface area contributed by atoms with Crippen molar-refractivity contribution < 1.29 is 18.4 Å². The predicted octanol–water partition coefficient (Wildman–Crippen LogP) is 1.21. The number of anilines is 1. The van der Waals surface area contributed by atoms with Gasteiger partial charge in [0.1, 0.15) is 17.7 Å². The van der Waals surface area contributed by atoms with Crippen LogP contribution in [0.15, 0.2) is 18.2 Å². The van der Waals surface area contributed by atoms with E-state index in [-0.39, 0.29) is 30.5 Å². The maximum Gasteiger partial charge on any atom is 0.249 e. The number of nitrogens with zero attached hydrogens (tertiary/aromatic N) is 1. The zero-order chi connectivity index (χ0) is 13.3. The van der Waals surface area contributed by atoms with Crippen LogP contribution in [0.5, 0.6) is 0 Å². The Morgan fingerprint density at radius 3 is 2.44 bits per heavy atom. The van der Waals surface area contributed by atoms with Crippen molar-refractivity contribution in [2.24, 2.45) is 0 Å². The van der Waals surface area contributed by atoms with Crippen LogP contribution in [0.1, 0.15) is 13.3 Å². The summed E-state index contributed by atoms with van der Waals surface area (Å²) in [4.78, 5) is 24.5. The van der Waals surface area contributed by atoms with Gasteiger partial charge in [-0.3, -0.25) is 9.59 Å². The van der Waals surface area contributed by atoms with E-state index in [2.05, 4.69) is 5.32 Å². The quantitative estimate of drug-likeness (QED) is 0.818. The Morgan fingerprint density at radius 2 is 1.83 bits per heavy atom. The fraction of sp³-hybridized carbons (Fsp3) is 0.333. The Hall–Kier alpha value is -1.98. The first-order chi connectivity index (χ1) is 8.47. The van der Waals surface area contributed by atoms with E-state index in [1.165, 1.54) is 11.8 Å². The minimum atomic E-state index is -0.756. The van der Waals surface area contributed by atoms with Gasteiger partial charge in [-0.2, -0.15) is 0 Å². The van der Waals surface area contributed by atoms with Gasteiger partial charge >= 0.3 is 0 Å². The molecule has 1 fully saturated rings. The van der Waals surface area contributed by atoms with Crippen LogP contribution in [0, 0.1) is 11.6 Å². The van der Waals surface area contributed by atoms with Gasteiger partial charge < -0.3 is 10.2 Å². The number of nitrogens with one attached hydrogen (secondary N) is 1. The number of hydrogen-bond donors (Lipinski definition) is 1.